The lowest BCUT2D eigenvalue weighted by atomic mass is 10.2. The Kier molecular flexibility index (Phi) is 40.8. The molecule has 0 unspecified atom stereocenters. The second-order valence-corrected chi connectivity index (χ2v) is 3.26. The van der Waals surface area contributed by atoms with Gasteiger partial charge >= 0.3 is 11.9 Å². The molecule has 0 radical (unpaired) electrons. The summed E-state index contributed by atoms with van der Waals surface area (Å²) in [5, 5.41) is 31.5. The number of aliphatic carboxylic acids is 2. The first-order chi connectivity index (χ1) is 9.37. The Morgan fingerprint density at radius 1 is 0.850 bits per heavy atom. The van der Waals surface area contributed by atoms with Crippen molar-refractivity contribution in [1.82, 2.24) is 0 Å². The molecule has 0 spiro atoms. The largest absolute Gasteiger partial charge is 0.481 e. The molecule has 6 nitrogen and oxygen atoms in total. The van der Waals surface area contributed by atoms with Crippen LogP contribution in [0.15, 0.2) is 25.3 Å². The zero-order chi connectivity index (χ0) is 16.8. The molecule has 0 heterocycles. The van der Waals surface area contributed by atoms with E-state index in [1.807, 2.05) is 13.8 Å². The van der Waals surface area contributed by atoms with Gasteiger partial charge in [0.2, 0.25) is 0 Å². The number of aliphatic hydroxyl groups is 2. The predicted octanol–water partition coefficient (Wildman–Crippen LogP) is 2.07. The second kappa shape index (κ2) is 30.4. The molecule has 0 saturated carbocycles. The van der Waals surface area contributed by atoms with E-state index in [9.17, 15) is 9.59 Å². The summed E-state index contributed by atoms with van der Waals surface area (Å²) in [5.74, 6) is -1.74. The maximum atomic E-state index is 9.90. The Labute approximate surface area is 121 Å². The molecule has 0 saturated heterocycles. The molecule has 0 aromatic rings. The Bertz CT molecular complexity index is 202. The van der Waals surface area contributed by atoms with Crippen LogP contribution in [-0.4, -0.2) is 45.6 Å². The number of unbranched alkanes of at least 4 members (excludes halogenated alkanes) is 1. The number of hydrogen-bond acceptors (Lipinski definition) is 4. The van der Waals surface area contributed by atoms with Crippen LogP contribution < -0.4 is 0 Å². The maximum absolute atomic E-state index is 9.90. The smallest absolute Gasteiger partial charge is 0.303 e. The Hall–Kier alpha value is -1.66. The highest BCUT2D eigenvalue weighted by Gasteiger charge is 1.99. The summed E-state index contributed by atoms with van der Waals surface area (Å²) in [6.45, 7) is 10.2. The zero-order valence-corrected chi connectivity index (χ0v) is 12.4. The van der Waals surface area contributed by atoms with E-state index in [0.717, 1.165) is 0 Å². The molecule has 0 amide bonds. The topological polar surface area (TPSA) is 115 Å². The third-order valence-electron chi connectivity index (χ3n) is 1.13. The van der Waals surface area contributed by atoms with Gasteiger partial charge in [0.15, 0.2) is 0 Å². The third-order valence-corrected chi connectivity index (χ3v) is 1.13. The molecule has 0 aromatic heterocycles. The van der Waals surface area contributed by atoms with E-state index in [2.05, 4.69) is 13.2 Å². The van der Waals surface area contributed by atoms with Gasteiger partial charge in [0.1, 0.15) is 0 Å². The highest BCUT2D eigenvalue weighted by molar-refractivity contribution is 5.67. The van der Waals surface area contributed by atoms with Gasteiger partial charge < -0.3 is 20.4 Å². The number of carbonyl (C=O) groups is 2. The van der Waals surface area contributed by atoms with Crippen LogP contribution in [0, 0.1) is 0 Å². The SMILES string of the molecule is C=CC.C=CC.O=C(O)CCCCC(=O)O.OCCO. The number of carboxylic acids is 2. The van der Waals surface area contributed by atoms with Crippen LogP contribution in [0.1, 0.15) is 39.5 Å². The van der Waals surface area contributed by atoms with E-state index >= 15 is 0 Å². The van der Waals surface area contributed by atoms with Crippen molar-refractivity contribution in [2.45, 2.75) is 39.5 Å². The number of carboxylic acid groups (broad SMARTS) is 2. The van der Waals surface area contributed by atoms with Crippen molar-refractivity contribution in [2.75, 3.05) is 13.2 Å². The average Bonchev–Trinajstić information content (AvgIpc) is 2.36. The first-order valence-corrected chi connectivity index (χ1v) is 6.17. The summed E-state index contributed by atoms with van der Waals surface area (Å²) in [6.07, 6.45) is 4.52. The Morgan fingerprint density at radius 2 is 1.05 bits per heavy atom. The third kappa shape index (κ3) is 95.7. The standard InChI is InChI=1S/C6H10O4.2C3H6.C2H6O2/c7-5(8)3-1-2-4-6(9)10;2*1-3-2;3-1-2-4/h1-4H2,(H,7,8)(H,9,10);2*3H,1H2,2H3;3-4H,1-2H2. The molecule has 0 aromatic carbocycles. The monoisotopic (exact) mass is 292 g/mol. The summed E-state index contributed by atoms with van der Waals surface area (Å²) < 4.78 is 0. The highest BCUT2D eigenvalue weighted by Crippen LogP contribution is 1.98. The van der Waals surface area contributed by atoms with Crippen LogP contribution in [0.3, 0.4) is 0 Å². The van der Waals surface area contributed by atoms with Crippen LogP contribution in [0.2, 0.25) is 0 Å². The van der Waals surface area contributed by atoms with Crippen LogP contribution >= 0.6 is 0 Å². The van der Waals surface area contributed by atoms with E-state index < -0.39 is 11.9 Å². The average molecular weight is 292 g/mol. The zero-order valence-electron chi connectivity index (χ0n) is 12.4. The van der Waals surface area contributed by atoms with Gasteiger partial charge in [-0.05, 0) is 26.7 Å². The molecule has 0 bridgehead atoms. The first-order valence-electron chi connectivity index (χ1n) is 6.17. The second-order valence-electron chi connectivity index (χ2n) is 3.26. The number of hydrogen-bond donors (Lipinski definition) is 4. The summed E-state index contributed by atoms with van der Waals surface area (Å²) in [6, 6.07) is 0. The minimum atomic E-state index is -0.870. The molecule has 120 valence electrons. The van der Waals surface area contributed by atoms with Crippen LogP contribution in [0.25, 0.3) is 0 Å². The van der Waals surface area contributed by atoms with Gasteiger partial charge in [-0.3, -0.25) is 9.59 Å². The van der Waals surface area contributed by atoms with Crippen molar-refractivity contribution in [3.05, 3.63) is 25.3 Å². The molecule has 0 aliphatic rings. The molecular weight excluding hydrogens is 264 g/mol. The van der Waals surface area contributed by atoms with Gasteiger partial charge in [-0.1, -0.05) is 12.2 Å². The lowest BCUT2D eigenvalue weighted by molar-refractivity contribution is -0.139. The maximum Gasteiger partial charge on any atom is 0.303 e. The summed E-state index contributed by atoms with van der Waals surface area (Å²) in [7, 11) is 0. The highest BCUT2D eigenvalue weighted by atomic mass is 16.4. The number of aliphatic hydroxyl groups excluding tert-OH is 2. The van der Waals surface area contributed by atoms with Crippen molar-refractivity contribution in [1.29, 1.82) is 0 Å². The molecule has 6 heteroatoms. The molecular formula is C14H28O6. The Morgan fingerprint density at radius 3 is 1.15 bits per heavy atom. The van der Waals surface area contributed by atoms with Gasteiger partial charge in [0.25, 0.3) is 0 Å². The van der Waals surface area contributed by atoms with E-state index in [-0.39, 0.29) is 26.1 Å². The predicted molar refractivity (Wildman–Crippen MR) is 79.7 cm³/mol. The van der Waals surface area contributed by atoms with E-state index in [4.69, 9.17) is 20.4 Å². The van der Waals surface area contributed by atoms with Gasteiger partial charge in [-0.15, -0.1) is 13.2 Å². The van der Waals surface area contributed by atoms with Gasteiger partial charge in [-0.25, -0.2) is 0 Å². The molecule has 4 N–H and O–H groups in total. The fourth-order valence-corrected chi connectivity index (χ4v) is 0.552. The van der Waals surface area contributed by atoms with Crippen molar-refractivity contribution < 1.29 is 30.0 Å². The van der Waals surface area contributed by atoms with Gasteiger partial charge in [0, 0.05) is 12.8 Å². The molecule has 20 heavy (non-hydrogen) atoms. The summed E-state index contributed by atoms with van der Waals surface area (Å²) >= 11 is 0. The lowest BCUT2D eigenvalue weighted by Crippen LogP contribution is -1.97. The minimum absolute atomic E-state index is 0.0628. The van der Waals surface area contributed by atoms with Crippen LogP contribution in [0.4, 0.5) is 0 Å². The number of allylic oxidation sites excluding steroid dienone is 2. The van der Waals surface area contributed by atoms with Crippen molar-refractivity contribution in [3.8, 4) is 0 Å². The summed E-state index contributed by atoms with van der Waals surface area (Å²) in [4.78, 5) is 19.8. The normalized spacial score (nSPS) is 7.40. The van der Waals surface area contributed by atoms with Crippen molar-refractivity contribution >= 4 is 11.9 Å². The number of rotatable bonds is 6. The van der Waals surface area contributed by atoms with Gasteiger partial charge in [0.05, 0.1) is 13.2 Å². The molecule has 0 rings (SSSR count). The Balaban J connectivity index is -0.000000106. The quantitative estimate of drug-likeness (QED) is 0.440. The fourth-order valence-electron chi connectivity index (χ4n) is 0.552. The fraction of sp³-hybridized carbons (Fsp3) is 0.571. The molecule has 0 atom stereocenters. The van der Waals surface area contributed by atoms with Crippen LogP contribution in [-0.2, 0) is 9.59 Å². The van der Waals surface area contributed by atoms with Crippen molar-refractivity contribution in [2.24, 2.45) is 0 Å². The van der Waals surface area contributed by atoms with Crippen LogP contribution in [0.5, 0.6) is 0 Å². The lowest BCUT2D eigenvalue weighted by Gasteiger charge is -1.92. The van der Waals surface area contributed by atoms with Crippen molar-refractivity contribution in [3.63, 3.8) is 0 Å². The molecule has 0 fully saturated rings. The first kappa shape index (κ1) is 26.8. The van der Waals surface area contributed by atoms with E-state index in [1.54, 1.807) is 12.2 Å². The molecule has 0 aliphatic heterocycles. The van der Waals surface area contributed by atoms with E-state index in [1.165, 1.54) is 0 Å². The molecule has 0 aliphatic carbocycles. The van der Waals surface area contributed by atoms with Gasteiger partial charge in [-0.2, -0.15) is 0 Å². The minimum Gasteiger partial charge on any atom is -0.481 e. The van der Waals surface area contributed by atoms with E-state index in [0.29, 0.717) is 12.8 Å². The summed E-state index contributed by atoms with van der Waals surface area (Å²) in [5.41, 5.74) is 0.